The van der Waals surface area contributed by atoms with Gasteiger partial charge < -0.3 is 29.7 Å². The van der Waals surface area contributed by atoms with E-state index in [2.05, 4.69) is 6.92 Å². The van der Waals surface area contributed by atoms with E-state index in [-0.39, 0.29) is 12.3 Å². The molecule has 0 saturated heterocycles. The van der Waals surface area contributed by atoms with Crippen LogP contribution in [0.25, 0.3) is 0 Å². The van der Waals surface area contributed by atoms with E-state index in [9.17, 15) is 10.1 Å². The maximum atomic E-state index is 11.3. The first-order valence-electron chi connectivity index (χ1n) is 8.33. The summed E-state index contributed by atoms with van der Waals surface area (Å²) in [5.41, 5.74) is 1.20. The predicted molar refractivity (Wildman–Crippen MR) is 99.2 cm³/mol. The van der Waals surface area contributed by atoms with Crippen molar-refractivity contribution in [3.05, 3.63) is 40.3 Å². The van der Waals surface area contributed by atoms with Crippen LogP contribution in [-0.4, -0.2) is 48.8 Å². The van der Waals surface area contributed by atoms with E-state index < -0.39 is 13.7 Å². The smallest absolute Gasteiger partial charge is 0.497 e. The molecule has 0 atom stereocenters. The Kier molecular flexibility index (Phi) is 10.9. The molecule has 0 aliphatic rings. The number of unbranched alkanes of at least 4 members (excludes halogenated alkanes) is 1. The minimum Gasteiger partial charge on any atom is -0.497 e. The Morgan fingerprint density at radius 1 is 1.07 bits per heavy atom. The number of methoxy groups -OCH3 is 1. The number of ether oxygens (including phenoxy) is 2. The van der Waals surface area contributed by atoms with Gasteiger partial charge in [0.05, 0.1) is 24.2 Å². The van der Waals surface area contributed by atoms with E-state index in [0.29, 0.717) is 35.9 Å². The Hall–Kier alpha value is -2.52. The first-order valence-corrected chi connectivity index (χ1v) is 10.3. The van der Waals surface area contributed by atoms with Crippen molar-refractivity contribution in [1.29, 1.82) is 0 Å². The van der Waals surface area contributed by atoms with Crippen molar-refractivity contribution in [2.24, 2.45) is 0 Å². The first kappa shape index (κ1) is 24.5. The molecule has 0 aliphatic carbocycles. The van der Waals surface area contributed by atoms with Crippen LogP contribution in [0, 0.1) is 17.0 Å². The van der Waals surface area contributed by atoms with Crippen molar-refractivity contribution < 1.29 is 27.7 Å². The van der Waals surface area contributed by atoms with Gasteiger partial charge in [0.1, 0.15) is 5.75 Å². The molecule has 0 radical (unpaired) electrons. The van der Waals surface area contributed by atoms with Crippen LogP contribution < -0.4 is 4.74 Å². The van der Waals surface area contributed by atoms with Crippen LogP contribution in [0.1, 0.15) is 24.0 Å². The Balaban J connectivity index is 0.00000676. The molecule has 0 bridgehead atoms. The molecule has 0 N–H and O–H groups in total. The molecule has 150 valence electrons. The van der Waals surface area contributed by atoms with Gasteiger partial charge in [0, 0.05) is 40.0 Å². The quantitative estimate of drug-likeness (QED) is 0.106. The molecule has 0 fully saturated rings. The fraction of sp³-hybridized carbons (Fsp3) is 0.588. The van der Waals surface area contributed by atoms with Crippen LogP contribution in [-0.2, 0) is 31.0 Å². The molecule has 0 unspecified atom stereocenters. The summed E-state index contributed by atoms with van der Waals surface area (Å²) in [6, 6.07) is 3.84. The molecule has 1 aromatic rings. The zero-order valence-electron chi connectivity index (χ0n) is 16.6. The van der Waals surface area contributed by atoms with Gasteiger partial charge in [-0.25, -0.2) is 0 Å². The summed E-state index contributed by atoms with van der Waals surface area (Å²) in [4.78, 5) is 10.9. The Labute approximate surface area is 155 Å². The molecule has 0 saturated carbocycles. The van der Waals surface area contributed by atoms with E-state index in [0.717, 1.165) is 12.8 Å². The number of hydrogen-bond donors (Lipinski definition) is 0. The van der Waals surface area contributed by atoms with Crippen molar-refractivity contribution in [2.75, 3.05) is 35.0 Å². The van der Waals surface area contributed by atoms with E-state index in [1.54, 1.807) is 27.4 Å². The second-order valence-corrected chi connectivity index (χ2v) is 8.70. The second kappa shape index (κ2) is 12.0. The SMILES string of the molecule is [CH2-]Cc1cc([N+](=O)[O-])c(COCCCC[Si](OC)(OC)OC)cc1OC.[Rf]. The summed E-state index contributed by atoms with van der Waals surface area (Å²) in [5, 5.41) is 11.3. The fourth-order valence-electron chi connectivity index (χ4n) is 2.61. The monoisotopic (exact) mass is 653 g/mol. The molecule has 0 aliphatic heterocycles. The van der Waals surface area contributed by atoms with Crippen LogP contribution in [0.2, 0.25) is 6.04 Å². The third kappa shape index (κ3) is 6.61. The van der Waals surface area contributed by atoms with Gasteiger partial charge >= 0.3 is 8.80 Å². The molecule has 10 heteroatoms. The Morgan fingerprint density at radius 2 is 1.70 bits per heavy atom. The van der Waals surface area contributed by atoms with E-state index >= 15 is 0 Å². The number of nitro groups is 1. The second-order valence-electron chi connectivity index (χ2n) is 5.60. The van der Waals surface area contributed by atoms with Crippen LogP contribution >= 0.6 is 0 Å². The predicted octanol–water partition coefficient (Wildman–Crippen LogP) is 3.15. The zero-order chi connectivity index (χ0) is 19.6. The van der Waals surface area contributed by atoms with Crippen molar-refractivity contribution in [3.8, 4) is 5.75 Å². The molecule has 27 heavy (non-hydrogen) atoms. The van der Waals surface area contributed by atoms with Gasteiger partial charge in [0.15, 0.2) is 0 Å². The largest absolute Gasteiger partial charge is 0.500 e. The summed E-state index contributed by atoms with van der Waals surface area (Å²) >= 11 is 0. The Morgan fingerprint density at radius 3 is 2.19 bits per heavy atom. The summed E-state index contributed by atoms with van der Waals surface area (Å²) < 4.78 is 27.0. The minimum absolute atomic E-state index is 0. The summed E-state index contributed by atoms with van der Waals surface area (Å²) in [6.07, 6.45) is 2.00. The normalized spacial score (nSPS) is 11.1. The van der Waals surface area contributed by atoms with Crippen molar-refractivity contribution >= 4 is 14.5 Å². The van der Waals surface area contributed by atoms with Crippen molar-refractivity contribution in [1.82, 2.24) is 0 Å². The number of nitro benzene ring substituents is 1. The maximum absolute atomic E-state index is 11.3. The third-order valence-electron chi connectivity index (χ3n) is 4.16. The van der Waals surface area contributed by atoms with Gasteiger partial charge in [-0.05, 0) is 24.5 Å². The summed E-state index contributed by atoms with van der Waals surface area (Å²) in [5.74, 6) is 0.584. The van der Waals surface area contributed by atoms with Crippen LogP contribution in [0.4, 0.5) is 5.69 Å². The van der Waals surface area contributed by atoms with Crippen LogP contribution in [0.5, 0.6) is 5.75 Å². The molecule has 8 nitrogen and oxygen atoms in total. The van der Waals surface area contributed by atoms with E-state index in [4.69, 9.17) is 22.8 Å². The number of benzene rings is 1. The Bertz CT molecular complexity index is 576. The van der Waals surface area contributed by atoms with Crippen LogP contribution in [0.15, 0.2) is 12.1 Å². The molecule has 1 rings (SSSR count). The molecular formula is C17H28NO7RfSi-. The average molecular weight is 653 g/mol. The maximum Gasteiger partial charge on any atom is 0.500 e. The van der Waals surface area contributed by atoms with Gasteiger partial charge in [-0.3, -0.25) is 10.1 Å². The number of hydrogen-bond acceptors (Lipinski definition) is 7. The van der Waals surface area contributed by atoms with Gasteiger partial charge in [0.2, 0.25) is 0 Å². The van der Waals surface area contributed by atoms with E-state index in [1.807, 2.05) is 0 Å². The molecule has 1 aromatic carbocycles. The van der Waals surface area contributed by atoms with Gasteiger partial charge in [-0.1, -0.05) is 0 Å². The van der Waals surface area contributed by atoms with Gasteiger partial charge in [0.25, 0.3) is 5.69 Å². The van der Waals surface area contributed by atoms with Gasteiger partial charge in [-0.15, -0.1) is 0 Å². The molecule has 0 amide bonds. The molecule has 0 spiro atoms. The average Bonchev–Trinajstić information content (AvgIpc) is 2.67. The van der Waals surface area contributed by atoms with Gasteiger partial charge in [-0.2, -0.15) is 6.42 Å². The summed E-state index contributed by atoms with van der Waals surface area (Å²) in [6.45, 7) is 4.38. The van der Waals surface area contributed by atoms with E-state index in [1.165, 1.54) is 13.2 Å². The fourth-order valence-corrected chi connectivity index (χ4v) is 4.40. The third-order valence-corrected chi connectivity index (χ3v) is 6.99. The topological polar surface area (TPSA) is 89.3 Å². The summed E-state index contributed by atoms with van der Waals surface area (Å²) in [7, 11) is 3.72. The molecule has 0 heterocycles. The molecular weight excluding hydrogens is 625 g/mol. The standard InChI is InChI=1S/C17H28NO7Si.Rf/c1-6-14-11-16(18(19)20)15(12-17(14)21-2)13-25-9-7-8-10-26(22-3,23-4)24-5;/h11-12H,1,6-10,13H2,2-5H3;/q-1;. The zero-order valence-corrected chi connectivity index (χ0v) is 24.0. The van der Waals surface area contributed by atoms with Crippen molar-refractivity contribution in [3.63, 3.8) is 0 Å². The minimum atomic E-state index is -2.56. The number of rotatable bonds is 13. The first-order chi connectivity index (χ1) is 12.5. The van der Waals surface area contributed by atoms with Crippen LogP contribution in [0.3, 0.4) is 0 Å². The van der Waals surface area contributed by atoms with Crippen molar-refractivity contribution in [2.45, 2.75) is 31.9 Å². The molecule has 0 aromatic heterocycles. The number of nitrogens with zero attached hydrogens (tertiary/aromatic N) is 1.